The molecular weight excluding hydrogens is 180 g/mol. The standard InChI is InChI=1S/C10H8N2O2/c13-9-6-7(10(14)12-9)5-8-3-1-2-4-11-8/h1-5H,6H2,(H,12,13,14)/b7-5-. The average molecular weight is 188 g/mol. The van der Waals surface area contributed by atoms with Gasteiger partial charge in [0.05, 0.1) is 12.1 Å². The fraction of sp³-hybridized carbons (Fsp3) is 0.100. The summed E-state index contributed by atoms with van der Waals surface area (Å²) in [5.41, 5.74) is 1.15. The van der Waals surface area contributed by atoms with E-state index in [1.165, 1.54) is 0 Å². The van der Waals surface area contributed by atoms with Crippen molar-refractivity contribution in [2.75, 3.05) is 0 Å². The van der Waals surface area contributed by atoms with Crippen LogP contribution < -0.4 is 5.32 Å². The topological polar surface area (TPSA) is 59.1 Å². The first kappa shape index (κ1) is 8.62. The number of rotatable bonds is 1. The van der Waals surface area contributed by atoms with Gasteiger partial charge >= 0.3 is 0 Å². The number of nitrogens with zero attached hydrogens (tertiary/aromatic N) is 1. The molecule has 0 spiro atoms. The fourth-order valence-electron chi connectivity index (χ4n) is 1.26. The number of imide groups is 1. The van der Waals surface area contributed by atoms with Crippen LogP contribution >= 0.6 is 0 Å². The second-order valence-electron chi connectivity index (χ2n) is 2.98. The van der Waals surface area contributed by atoms with Crippen LogP contribution in [0.4, 0.5) is 0 Å². The van der Waals surface area contributed by atoms with E-state index in [0.29, 0.717) is 11.3 Å². The summed E-state index contributed by atoms with van der Waals surface area (Å²) in [6.45, 7) is 0. The van der Waals surface area contributed by atoms with Crippen molar-refractivity contribution in [2.45, 2.75) is 6.42 Å². The molecule has 2 amide bonds. The Morgan fingerprint density at radius 1 is 1.36 bits per heavy atom. The van der Waals surface area contributed by atoms with Crippen LogP contribution in [0.1, 0.15) is 12.1 Å². The lowest BCUT2D eigenvalue weighted by molar-refractivity contribution is -0.124. The molecule has 14 heavy (non-hydrogen) atoms. The van der Waals surface area contributed by atoms with Crippen LogP contribution in [0.5, 0.6) is 0 Å². The highest BCUT2D eigenvalue weighted by atomic mass is 16.2. The van der Waals surface area contributed by atoms with E-state index in [1.54, 1.807) is 24.4 Å². The molecule has 0 unspecified atom stereocenters. The zero-order valence-electron chi connectivity index (χ0n) is 7.36. The van der Waals surface area contributed by atoms with Gasteiger partial charge in [0.15, 0.2) is 0 Å². The molecule has 0 aliphatic carbocycles. The Bertz CT molecular complexity index is 409. The first-order valence-corrected chi connectivity index (χ1v) is 4.21. The number of nitrogens with one attached hydrogen (secondary N) is 1. The van der Waals surface area contributed by atoms with E-state index >= 15 is 0 Å². The highest BCUT2D eigenvalue weighted by Crippen LogP contribution is 2.12. The van der Waals surface area contributed by atoms with Gasteiger partial charge in [-0.15, -0.1) is 0 Å². The predicted molar refractivity (Wildman–Crippen MR) is 50.0 cm³/mol. The third-order valence-corrected chi connectivity index (χ3v) is 1.91. The molecular formula is C10H8N2O2. The second kappa shape index (κ2) is 3.41. The van der Waals surface area contributed by atoms with Gasteiger partial charge in [0, 0.05) is 11.8 Å². The van der Waals surface area contributed by atoms with Gasteiger partial charge in [-0.05, 0) is 18.2 Å². The summed E-state index contributed by atoms with van der Waals surface area (Å²) in [4.78, 5) is 26.1. The summed E-state index contributed by atoms with van der Waals surface area (Å²) in [5, 5.41) is 2.21. The zero-order chi connectivity index (χ0) is 9.97. The van der Waals surface area contributed by atoms with Crippen LogP contribution in [0.15, 0.2) is 30.0 Å². The molecule has 0 aromatic carbocycles. The predicted octanol–water partition coefficient (Wildman–Crippen LogP) is 0.511. The van der Waals surface area contributed by atoms with E-state index in [0.717, 1.165) is 0 Å². The van der Waals surface area contributed by atoms with Crippen LogP contribution in [0.25, 0.3) is 6.08 Å². The normalized spacial score (nSPS) is 18.7. The maximum Gasteiger partial charge on any atom is 0.254 e. The Hall–Kier alpha value is -1.97. The minimum atomic E-state index is -0.319. The molecule has 1 saturated heterocycles. The van der Waals surface area contributed by atoms with Crippen LogP contribution in [-0.4, -0.2) is 16.8 Å². The molecule has 0 radical (unpaired) electrons. The third kappa shape index (κ3) is 1.69. The lowest BCUT2D eigenvalue weighted by Gasteiger charge is -1.92. The van der Waals surface area contributed by atoms with Crippen LogP contribution in [0.2, 0.25) is 0 Å². The Morgan fingerprint density at radius 2 is 2.21 bits per heavy atom. The molecule has 70 valence electrons. The molecule has 0 saturated carbocycles. The largest absolute Gasteiger partial charge is 0.292 e. The number of carbonyl (C=O) groups excluding carboxylic acids is 2. The Balaban J connectivity index is 2.28. The monoisotopic (exact) mass is 188 g/mol. The van der Waals surface area contributed by atoms with Crippen molar-refractivity contribution in [3.8, 4) is 0 Å². The minimum absolute atomic E-state index is 0.148. The SMILES string of the molecule is O=C1C/C(=C/c2ccccn2)C(=O)N1. The number of hydrogen-bond acceptors (Lipinski definition) is 3. The number of carbonyl (C=O) groups is 2. The summed E-state index contributed by atoms with van der Waals surface area (Å²) in [6, 6.07) is 5.40. The van der Waals surface area contributed by atoms with E-state index in [2.05, 4.69) is 10.3 Å². The van der Waals surface area contributed by atoms with Crippen molar-refractivity contribution in [1.29, 1.82) is 0 Å². The van der Waals surface area contributed by atoms with E-state index in [4.69, 9.17) is 0 Å². The molecule has 0 bridgehead atoms. The molecule has 1 aliphatic heterocycles. The Morgan fingerprint density at radius 3 is 2.79 bits per heavy atom. The summed E-state index contributed by atoms with van der Waals surface area (Å²) in [6.07, 6.45) is 3.41. The molecule has 4 nitrogen and oxygen atoms in total. The molecule has 1 fully saturated rings. The van der Waals surface area contributed by atoms with Crippen LogP contribution in [0, 0.1) is 0 Å². The highest BCUT2D eigenvalue weighted by molar-refractivity contribution is 6.15. The van der Waals surface area contributed by atoms with E-state index in [1.807, 2.05) is 6.07 Å². The fourth-order valence-corrected chi connectivity index (χ4v) is 1.26. The van der Waals surface area contributed by atoms with Gasteiger partial charge in [-0.25, -0.2) is 0 Å². The molecule has 1 aromatic heterocycles. The Labute approximate surface area is 80.7 Å². The summed E-state index contributed by atoms with van der Waals surface area (Å²) in [7, 11) is 0. The van der Waals surface area contributed by atoms with Gasteiger partial charge in [-0.1, -0.05) is 6.07 Å². The quantitative estimate of drug-likeness (QED) is 0.516. The number of pyridine rings is 1. The second-order valence-corrected chi connectivity index (χ2v) is 2.98. The molecule has 1 N–H and O–H groups in total. The van der Waals surface area contributed by atoms with Crippen LogP contribution in [0.3, 0.4) is 0 Å². The van der Waals surface area contributed by atoms with Gasteiger partial charge in [-0.3, -0.25) is 19.9 Å². The van der Waals surface area contributed by atoms with Crippen molar-refractivity contribution in [3.05, 3.63) is 35.7 Å². The molecule has 4 heteroatoms. The van der Waals surface area contributed by atoms with Crippen molar-refractivity contribution in [1.82, 2.24) is 10.3 Å². The van der Waals surface area contributed by atoms with E-state index < -0.39 is 0 Å². The van der Waals surface area contributed by atoms with Crippen LogP contribution in [-0.2, 0) is 9.59 Å². The van der Waals surface area contributed by atoms with Gasteiger partial charge in [0.1, 0.15) is 0 Å². The highest BCUT2D eigenvalue weighted by Gasteiger charge is 2.23. The minimum Gasteiger partial charge on any atom is -0.292 e. The van der Waals surface area contributed by atoms with Gasteiger partial charge in [0.25, 0.3) is 5.91 Å². The molecule has 1 aliphatic rings. The zero-order valence-corrected chi connectivity index (χ0v) is 7.36. The molecule has 2 heterocycles. The number of hydrogen-bond donors (Lipinski definition) is 1. The Kier molecular flexibility index (Phi) is 2.10. The van der Waals surface area contributed by atoms with E-state index in [-0.39, 0.29) is 18.2 Å². The third-order valence-electron chi connectivity index (χ3n) is 1.91. The lowest BCUT2D eigenvalue weighted by Crippen LogP contribution is -2.19. The van der Waals surface area contributed by atoms with Gasteiger partial charge < -0.3 is 0 Å². The lowest BCUT2D eigenvalue weighted by atomic mass is 10.2. The first-order valence-electron chi connectivity index (χ1n) is 4.21. The molecule has 1 aromatic rings. The van der Waals surface area contributed by atoms with Crippen molar-refractivity contribution in [3.63, 3.8) is 0 Å². The average Bonchev–Trinajstić information content (AvgIpc) is 2.47. The van der Waals surface area contributed by atoms with Crippen molar-refractivity contribution in [2.24, 2.45) is 0 Å². The molecule has 2 rings (SSSR count). The maximum absolute atomic E-state index is 11.2. The van der Waals surface area contributed by atoms with E-state index in [9.17, 15) is 9.59 Å². The van der Waals surface area contributed by atoms with Crippen molar-refractivity contribution >= 4 is 17.9 Å². The summed E-state index contributed by atoms with van der Waals surface area (Å²) >= 11 is 0. The number of aromatic nitrogens is 1. The van der Waals surface area contributed by atoms with Gasteiger partial charge in [0.2, 0.25) is 5.91 Å². The number of amides is 2. The maximum atomic E-state index is 11.2. The summed E-state index contributed by atoms with van der Waals surface area (Å²) in [5.74, 6) is -0.571. The molecule has 0 atom stereocenters. The first-order chi connectivity index (χ1) is 6.75. The van der Waals surface area contributed by atoms with Gasteiger partial charge in [-0.2, -0.15) is 0 Å². The smallest absolute Gasteiger partial charge is 0.254 e. The summed E-state index contributed by atoms with van der Waals surface area (Å²) < 4.78 is 0. The van der Waals surface area contributed by atoms with Crippen molar-refractivity contribution < 1.29 is 9.59 Å².